The van der Waals surface area contributed by atoms with Gasteiger partial charge < -0.3 is 9.80 Å². The summed E-state index contributed by atoms with van der Waals surface area (Å²) in [5, 5.41) is 5.81. The molecule has 0 radical (unpaired) electrons. The highest BCUT2D eigenvalue weighted by Crippen LogP contribution is 2.42. The van der Waals surface area contributed by atoms with E-state index in [0.717, 1.165) is 61.7 Å². The Hall–Kier alpha value is -1.56. The molecule has 1 N–H and O–H groups in total. The number of nitrogens with zero attached hydrogens (tertiary/aromatic N) is 3. The van der Waals surface area contributed by atoms with E-state index >= 15 is 0 Å². The zero-order valence-electron chi connectivity index (χ0n) is 15.1. The van der Waals surface area contributed by atoms with Gasteiger partial charge in [0.25, 0.3) is 5.91 Å². The highest BCUT2D eigenvalue weighted by atomic mass is 35.5. The molecule has 0 atom stereocenters. The van der Waals surface area contributed by atoms with Crippen molar-refractivity contribution in [1.82, 2.24) is 14.7 Å². The van der Waals surface area contributed by atoms with Gasteiger partial charge in [-0.05, 0) is 38.0 Å². The molecule has 1 aliphatic heterocycles. The van der Waals surface area contributed by atoms with Crippen molar-refractivity contribution >= 4 is 29.1 Å². The average Bonchev–Trinajstić information content (AvgIpc) is 3.41. The molecule has 1 aromatic heterocycles. The number of hydrogen-bond acceptors (Lipinski definition) is 2. The molecule has 1 saturated heterocycles. The molecular weight excluding hydrogens is 371 g/mol. The summed E-state index contributed by atoms with van der Waals surface area (Å²) in [4.78, 5) is 16.7. The molecule has 0 unspecified atom stereocenters. The van der Waals surface area contributed by atoms with Gasteiger partial charge in [0.05, 0.1) is 65.9 Å². The summed E-state index contributed by atoms with van der Waals surface area (Å²) in [6.45, 7) is 5.54. The Kier molecular flexibility index (Phi) is 4.71. The van der Waals surface area contributed by atoms with Gasteiger partial charge in [-0.1, -0.05) is 23.2 Å². The van der Waals surface area contributed by atoms with E-state index in [1.54, 1.807) is 12.1 Å². The first-order valence-electron chi connectivity index (χ1n) is 9.11. The Morgan fingerprint density at radius 2 is 1.88 bits per heavy atom. The first-order valence-corrected chi connectivity index (χ1v) is 9.87. The molecule has 2 heterocycles. The number of nitrogens with one attached hydrogen (secondary N) is 1. The van der Waals surface area contributed by atoms with Crippen LogP contribution < -0.4 is 4.90 Å². The Balaban J connectivity index is 1.73. The molecule has 1 aromatic carbocycles. The van der Waals surface area contributed by atoms with Crippen molar-refractivity contribution in [2.45, 2.75) is 25.7 Å². The number of aromatic nitrogens is 2. The SMILES string of the molecule is Cc1c(C(=O)N2CC[NH+](C)CC2)c(C2CC2)nn1-c1ccc(Cl)c(Cl)c1. The maximum Gasteiger partial charge on any atom is 0.258 e. The molecule has 26 heavy (non-hydrogen) atoms. The first-order chi connectivity index (χ1) is 12.5. The lowest BCUT2D eigenvalue weighted by atomic mass is 10.1. The van der Waals surface area contributed by atoms with Gasteiger partial charge in [-0.2, -0.15) is 5.10 Å². The van der Waals surface area contributed by atoms with Crippen molar-refractivity contribution in [1.29, 1.82) is 0 Å². The zero-order chi connectivity index (χ0) is 18.4. The van der Waals surface area contributed by atoms with Gasteiger partial charge in [0.15, 0.2) is 0 Å². The first kappa shape index (κ1) is 17.8. The molecule has 138 valence electrons. The van der Waals surface area contributed by atoms with Crippen LogP contribution in [0.1, 0.15) is 40.5 Å². The van der Waals surface area contributed by atoms with Crippen molar-refractivity contribution < 1.29 is 9.69 Å². The third-order valence-corrected chi connectivity index (χ3v) is 6.11. The molecule has 0 spiro atoms. The van der Waals surface area contributed by atoms with Gasteiger partial charge in [0.2, 0.25) is 0 Å². The smallest absolute Gasteiger partial charge is 0.258 e. The van der Waals surface area contributed by atoms with E-state index in [9.17, 15) is 4.79 Å². The van der Waals surface area contributed by atoms with Crippen molar-refractivity contribution in [3.8, 4) is 5.69 Å². The van der Waals surface area contributed by atoms with Crippen LogP contribution in [0, 0.1) is 6.92 Å². The second-order valence-corrected chi connectivity index (χ2v) is 8.19. The van der Waals surface area contributed by atoms with Crippen LogP contribution in [-0.2, 0) is 0 Å². The van der Waals surface area contributed by atoms with E-state index < -0.39 is 0 Å². The minimum atomic E-state index is 0.114. The highest BCUT2D eigenvalue weighted by molar-refractivity contribution is 6.42. The van der Waals surface area contributed by atoms with Crippen LogP contribution >= 0.6 is 23.2 Å². The molecule has 2 fully saturated rings. The molecule has 0 bridgehead atoms. The molecule has 4 rings (SSSR count). The Morgan fingerprint density at radius 1 is 1.19 bits per heavy atom. The normalized spacial score (nSPS) is 18.4. The number of rotatable bonds is 3. The number of piperazine rings is 1. The number of carbonyl (C=O) groups excluding carboxylic acids is 1. The number of quaternary nitrogens is 1. The second-order valence-electron chi connectivity index (χ2n) is 7.38. The van der Waals surface area contributed by atoms with Crippen molar-refractivity contribution in [3.05, 3.63) is 45.2 Å². The van der Waals surface area contributed by atoms with Crippen LogP contribution in [0.4, 0.5) is 0 Å². The van der Waals surface area contributed by atoms with Gasteiger partial charge in [-0.3, -0.25) is 4.79 Å². The maximum atomic E-state index is 13.3. The Bertz CT molecular complexity index is 851. The molecule has 5 nitrogen and oxygen atoms in total. The minimum absolute atomic E-state index is 0.114. The van der Waals surface area contributed by atoms with Crippen molar-refractivity contribution in [2.75, 3.05) is 33.2 Å². The summed E-state index contributed by atoms with van der Waals surface area (Å²) >= 11 is 12.2. The monoisotopic (exact) mass is 393 g/mol. The topological polar surface area (TPSA) is 42.6 Å². The van der Waals surface area contributed by atoms with Gasteiger partial charge >= 0.3 is 0 Å². The summed E-state index contributed by atoms with van der Waals surface area (Å²) in [6.07, 6.45) is 2.20. The average molecular weight is 394 g/mol. The van der Waals surface area contributed by atoms with E-state index in [1.165, 1.54) is 4.90 Å². The van der Waals surface area contributed by atoms with Crippen LogP contribution in [-0.4, -0.2) is 53.8 Å². The predicted octanol–water partition coefficient (Wildman–Crippen LogP) is 2.34. The fourth-order valence-corrected chi connectivity index (χ4v) is 3.84. The second kappa shape index (κ2) is 6.87. The number of hydrogen-bond donors (Lipinski definition) is 1. The van der Waals surface area contributed by atoms with Crippen LogP contribution in [0.3, 0.4) is 0 Å². The van der Waals surface area contributed by atoms with Gasteiger partial charge in [-0.15, -0.1) is 0 Å². The molecule has 2 aliphatic rings. The number of benzene rings is 1. The number of likely N-dealkylation sites (N-methyl/N-ethyl adjacent to an activating group) is 1. The lowest BCUT2D eigenvalue weighted by Crippen LogP contribution is -3.12. The number of amides is 1. The summed E-state index contributed by atoms with van der Waals surface area (Å²) < 4.78 is 1.84. The highest BCUT2D eigenvalue weighted by Gasteiger charge is 2.36. The summed E-state index contributed by atoms with van der Waals surface area (Å²) in [5.74, 6) is 0.512. The summed E-state index contributed by atoms with van der Waals surface area (Å²) in [7, 11) is 2.17. The zero-order valence-corrected chi connectivity index (χ0v) is 16.6. The Labute approximate surface area is 163 Å². The molecule has 1 aliphatic carbocycles. The molecule has 2 aromatic rings. The van der Waals surface area contributed by atoms with Crippen LogP contribution in [0.2, 0.25) is 10.0 Å². The van der Waals surface area contributed by atoms with Gasteiger partial charge in [0, 0.05) is 5.92 Å². The summed E-state index contributed by atoms with van der Waals surface area (Å²) in [6, 6.07) is 5.45. The molecule has 1 amide bonds. The summed E-state index contributed by atoms with van der Waals surface area (Å²) in [5.41, 5.74) is 3.42. The van der Waals surface area contributed by atoms with Crippen molar-refractivity contribution in [2.24, 2.45) is 0 Å². The maximum absolute atomic E-state index is 13.3. The van der Waals surface area contributed by atoms with Crippen LogP contribution in [0.5, 0.6) is 0 Å². The number of carbonyl (C=O) groups is 1. The van der Waals surface area contributed by atoms with Crippen LogP contribution in [0.15, 0.2) is 18.2 Å². The number of halogens is 2. The molecule has 1 saturated carbocycles. The van der Waals surface area contributed by atoms with Gasteiger partial charge in [0.1, 0.15) is 0 Å². The third kappa shape index (κ3) is 3.24. The lowest BCUT2D eigenvalue weighted by Gasteiger charge is -2.30. The third-order valence-electron chi connectivity index (χ3n) is 5.37. The van der Waals surface area contributed by atoms with Crippen LogP contribution in [0.25, 0.3) is 5.69 Å². The quantitative estimate of drug-likeness (QED) is 0.869. The van der Waals surface area contributed by atoms with E-state index in [0.29, 0.717) is 16.0 Å². The van der Waals surface area contributed by atoms with E-state index in [2.05, 4.69) is 7.05 Å². The molecule has 7 heteroatoms. The fraction of sp³-hybridized carbons (Fsp3) is 0.474. The predicted molar refractivity (Wildman–Crippen MR) is 103 cm³/mol. The van der Waals surface area contributed by atoms with Gasteiger partial charge in [-0.25, -0.2) is 4.68 Å². The van der Waals surface area contributed by atoms with E-state index in [4.69, 9.17) is 28.3 Å². The standard InChI is InChI=1S/C19H22Cl2N4O/c1-12-17(19(26)24-9-7-23(2)8-10-24)18(13-3-4-13)22-25(12)14-5-6-15(20)16(21)11-14/h5-6,11,13H,3-4,7-10H2,1-2H3/p+1. The fourth-order valence-electron chi connectivity index (χ4n) is 3.55. The molecular formula is C19H23Cl2N4O+. The van der Waals surface area contributed by atoms with E-state index in [1.807, 2.05) is 22.6 Å². The lowest BCUT2D eigenvalue weighted by molar-refractivity contribution is -0.883. The largest absolute Gasteiger partial charge is 0.334 e. The van der Waals surface area contributed by atoms with E-state index in [-0.39, 0.29) is 5.91 Å². The van der Waals surface area contributed by atoms with Crippen molar-refractivity contribution in [3.63, 3.8) is 0 Å². The Morgan fingerprint density at radius 3 is 2.50 bits per heavy atom. The minimum Gasteiger partial charge on any atom is -0.334 e.